The standard InChI is InChI=1S/C11H11F2N3S/c1-6-11(17-5-15-6)10(16-14)7-2-8(12)4-9(13)3-7/h2-5,10,16H,14H2,1H3. The van der Waals surface area contributed by atoms with Crippen LogP contribution in [0.25, 0.3) is 0 Å². The molecule has 0 aliphatic carbocycles. The van der Waals surface area contributed by atoms with E-state index in [-0.39, 0.29) is 0 Å². The number of hydrazine groups is 1. The Morgan fingerprint density at radius 3 is 2.41 bits per heavy atom. The van der Waals surface area contributed by atoms with Crippen molar-refractivity contribution < 1.29 is 8.78 Å². The Morgan fingerprint density at radius 2 is 1.94 bits per heavy atom. The normalized spacial score (nSPS) is 12.7. The van der Waals surface area contributed by atoms with E-state index in [4.69, 9.17) is 5.84 Å². The summed E-state index contributed by atoms with van der Waals surface area (Å²) in [5.74, 6) is 4.20. The first-order chi connectivity index (χ1) is 8.11. The van der Waals surface area contributed by atoms with Gasteiger partial charge in [-0.1, -0.05) is 0 Å². The molecular weight excluding hydrogens is 244 g/mol. The summed E-state index contributed by atoms with van der Waals surface area (Å²) in [4.78, 5) is 4.94. The number of hydrogen-bond acceptors (Lipinski definition) is 4. The molecule has 0 saturated carbocycles. The zero-order valence-corrected chi connectivity index (χ0v) is 9.89. The number of hydrogen-bond donors (Lipinski definition) is 2. The third-order valence-electron chi connectivity index (χ3n) is 2.43. The molecule has 0 saturated heterocycles. The zero-order valence-electron chi connectivity index (χ0n) is 9.08. The molecule has 3 N–H and O–H groups in total. The van der Waals surface area contributed by atoms with Gasteiger partial charge in [-0.15, -0.1) is 11.3 Å². The van der Waals surface area contributed by atoms with Crippen molar-refractivity contribution in [2.45, 2.75) is 13.0 Å². The molecule has 0 aliphatic rings. The molecule has 2 rings (SSSR count). The molecule has 0 radical (unpaired) electrons. The minimum Gasteiger partial charge on any atom is -0.271 e. The first-order valence-electron chi connectivity index (χ1n) is 4.94. The van der Waals surface area contributed by atoms with Crippen molar-refractivity contribution in [3.63, 3.8) is 0 Å². The molecule has 90 valence electrons. The summed E-state index contributed by atoms with van der Waals surface area (Å²) >= 11 is 1.39. The number of benzene rings is 1. The summed E-state index contributed by atoms with van der Waals surface area (Å²) in [6.07, 6.45) is 0. The summed E-state index contributed by atoms with van der Waals surface area (Å²) < 4.78 is 26.3. The van der Waals surface area contributed by atoms with Crippen molar-refractivity contribution in [3.8, 4) is 0 Å². The number of nitrogens with zero attached hydrogens (tertiary/aromatic N) is 1. The van der Waals surface area contributed by atoms with Crippen molar-refractivity contribution in [1.29, 1.82) is 0 Å². The Bertz CT molecular complexity index is 507. The molecule has 1 aromatic carbocycles. The van der Waals surface area contributed by atoms with Crippen LogP contribution in [0, 0.1) is 18.6 Å². The van der Waals surface area contributed by atoms with E-state index < -0.39 is 17.7 Å². The molecule has 1 aromatic heterocycles. The van der Waals surface area contributed by atoms with E-state index in [0.29, 0.717) is 5.56 Å². The van der Waals surface area contributed by atoms with Crippen molar-refractivity contribution in [2.75, 3.05) is 0 Å². The van der Waals surface area contributed by atoms with Crippen LogP contribution < -0.4 is 11.3 Å². The highest BCUT2D eigenvalue weighted by atomic mass is 32.1. The minimum atomic E-state index is -0.623. The van der Waals surface area contributed by atoms with E-state index in [1.165, 1.54) is 23.5 Å². The second-order valence-corrected chi connectivity index (χ2v) is 4.49. The Labute approximate surface area is 101 Å². The van der Waals surface area contributed by atoms with Crippen LogP contribution in [0.3, 0.4) is 0 Å². The molecule has 3 nitrogen and oxygen atoms in total. The first kappa shape index (κ1) is 12.1. The van der Waals surface area contributed by atoms with Crippen LogP contribution in [-0.4, -0.2) is 4.98 Å². The number of nitrogens with two attached hydrogens (primary N) is 1. The Balaban J connectivity index is 2.45. The number of thiazole rings is 1. The van der Waals surface area contributed by atoms with E-state index in [9.17, 15) is 8.78 Å². The third kappa shape index (κ3) is 2.49. The Hall–Kier alpha value is -1.37. The fraction of sp³-hybridized carbons (Fsp3) is 0.182. The van der Waals surface area contributed by atoms with Gasteiger partial charge in [0.05, 0.1) is 22.1 Å². The molecule has 0 aliphatic heterocycles. The molecule has 1 heterocycles. The van der Waals surface area contributed by atoms with Crippen molar-refractivity contribution in [2.24, 2.45) is 5.84 Å². The van der Waals surface area contributed by atoms with Crippen LogP contribution in [0.15, 0.2) is 23.7 Å². The number of nitrogens with one attached hydrogen (secondary N) is 1. The summed E-state index contributed by atoms with van der Waals surface area (Å²) in [6, 6.07) is 2.89. The van der Waals surface area contributed by atoms with Crippen molar-refractivity contribution in [1.82, 2.24) is 10.4 Å². The van der Waals surface area contributed by atoms with Gasteiger partial charge in [0, 0.05) is 6.07 Å². The second-order valence-electron chi connectivity index (χ2n) is 3.60. The predicted molar refractivity (Wildman–Crippen MR) is 62.4 cm³/mol. The SMILES string of the molecule is Cc1ncsc1C(NN)c1cc(F)cc(F)c1. The van der Waals surface area contributed by atoms with Gasteiger partial charge in [0.2, 0.25) is 0 Å². The fourth-order valence-corrected chi connectivity index (χ4v) is 2.54. The van der Waals surface area contributed by atoms with Gasteiger partial charge >= 0.3 is 0 Å². The van der Waals surface area contributed by atoms with E-state index in [1.807, 2.05) is 6.92 Å². The van der Waals surface area contributed by atoms with Crippen LogP contribution in [0.5, 0.6) is 0 Å². The number of aryl methyl sites for hydroxylation is 1. The van der Waals surface area contributed by atoms with Gasteiger partial charge in [-0.2, -0.15) is 0 Å². The maximum Gasteiger partial charge on any atom is 0.126 e. The number of rotatable bonds is 3. The van der Waals surface area contributed by atoms with Gasteiger partial charge in [0.25, 0.3) is 0 Å². The molecule has 1 atom stereocenters. The molecule has 17 heavy (non-hydrogen) atoms. The lowest BCUT2D eigenvalue weighted by Crippen LogP contribution is -2.28. The largest absolute Gasteiger partial charge is 0.271 e. The Morgan fingerprint density at radius 1 is 1.29 bits per heavy atom. The molecule has 6 heteroatoms. The van der Waals surface area contributed by atoms with E-state index in [2.05, 4.69) is 10.4 Å². The van der Waals surface area contributed by atoms with Gasteiger partial charge in [-0.3, -0.25) is 5.84 Å². The number of aromatic nitrogens is 1. The molecule has 0 bridgehead atoms. The van der Waals surface area contributed by atoms with Gasteiger partial charge in [-0.25, -0.2) is 19.2 Å². The smallest absolute Gasteiger partial charge is 0.126 e. The van der Waals surface area contributed by atoms with Gasteiger partial charge in [-0.05, 0) is 24.6 Å². The first-order valence-corrected chi connectivity index (χ1v) is 5.82. The summed E-state index contributed by atoms with van der Waals surface area (Å²) in [5, 5.41) is 0. The Kier molecular flexibility index (Phi) is 3.46. The lowest BCUT2D eigenvalue weighted by Gasteiger charge is -2.15. The molecular formula is C11H11F2N3S. The van der Waals surface area contributed by atoms with Crippen molar-refractivity contribution >= 4 is 11.3 Å². The molecule has 2 aromatic rings. The monoisotopic (exact) mass is 255 g/mol. The van der Waals surface area contributed by atoms with Crippen LogP contribution in [0.2, 0.25) is 0 Å². The molecule has 0 fully saturated rings. The lowest BCUT2D eigenvalue weighted by molar-refractivity contribution is 0.567. The zero-order chi connectivity index (χ0) is 12.4. The quantitative estimate of drug-likeness (QED) is 0.653. The van der Waals surface area contributed by atoms with Crippen LogP contribution >= 0.6 is 11.3 Å². The minimum absolute atomic E-state index is 0.442. The average Bonchev–Trinajstić information content (AvgIpc) is 2.65. The van der Waals surface area contributed by atoms with Gasteiger partial charge in [0.1, 0.15) is 11.6 Å². The second kappa shape index (κ2) is 4.87. The fourth-order valence-electron chi connectivity index (χ4n) is 1.65. The molecule has 1 unspecified atom stereocenters. The topological polar surface area (TPSA) is 50.9 Å². The summed E-state index contributed by atoms with van der Waals surface area (Å²) in [6.45, 7) is 1.83. The van der Waals surface area contributed by atoms with Crippen molar-refractivity contribution in [3.05, 3.63) is 51.5 Å². The molecule has 0 amide bonds. The van der Waals surface area contributed by atoms with Gasteiger partial charge in [0.15, 0.2) is 0 Å². The van der Waals surface area contributed by atoms with E-state index in [0.717, 1.165) is 16.6 Å². The third-order valence-corrected chi connectivity index (χ3v) is 3.43. The summed E-state index contributed by atoms with van der Waals surface area (Å²) in [5.41, 5.74) is 5.46. The highest BCUT2D eigenvalue weighted by Crippen LogP contribution is 2.28. The highest BCUT2D eigenvalue weighted by molar-refractivity contribution is 7.09. The van der Waals surface area contributed by atoms with Crippen LogP contribution in [0.4, 0.5) is 8.78 Å². The summed E-state index contributed by atoms with van der Waals surface area (Å²) in [7, 11) is 0. The van der Waals surface area contributed by atoms with E-state index >= 15 is 0 Å². The van der Waals surface area contributed by atoms with Crippen LogP contribution in [0.1, 0.15) is 22.2 Å². The van der Waals surface area contributed by atoms with Crippen LogP contribution in [-0.2, 0) is 0 Å². The predicted octanol–water partition coefficient (Wildman–Crippen LogP) is 2.28. The maximum atomic E-state index is 13.1. The highest BCUT2D eigenvalue weighted by Gasteiger charge is 2.18. The lowest BCUT2D eigenvalue weighted by atomic mass is 10.0. The van der Waals surface area contributed by atoms with Gasteiger partial charge < -0.3 is 0 Å². The maximum absolute atomic E-state index is 13.1. The molecule has 0 spiro atoms. The van der Waals surface area contributed by atoms with E-state index in [1.54, 1.807) is 5.51 Å². The number of halogens is 2. The average molecular weight is 255 g/mol.